The minimum absolute atomic E-state index is 0.238. The maximum atomic E-state index is 11.8. The van der Waals surface area contributed by atoms with Crippen molar-refractivity contribution >= 4 is 12.1 Å². The summed E-state index contributed by atoms with van der Waals surface area (Å²) >= 11 is 0. The normalized spacial score (nSPS) is 32.1. The molecule has 0 aromatic carbocycles. The van der Waals surface area contributed by atoms with Crippen LogP contribution in [0, 0.1) is 11.8 Å². The molecule has 0 aromatic heterocycles. The SMILES string of the molecule is CC(C)CN1CC2(CCC(C(=O)O)CC2)OC1=O. The van der Waals surface area contributed by atoms with Crippen LogP contribution < -0.4 is 0 Å². The summed E-state index contributed by atoms with van der Waals surface area (Å²) < 4.78 is 5.53. The van der Waals surface area contributed by atoms with Crippen LogP contribution in [0.15, 0.2) is 0 Å². The van der Waals surface area contributed by atoms with Gasteiger partial charge in [0, 0.05) is 6.54 Å². The highest BCUT2D eigenvalue weighted by atomic mass is 16.6. The number of carboxylic acids is 1. The molecule has 2 fully saturated rings. The van der Waals surface area contributed by atoms with Crippen molar-refractivity contribution in [1.29, 1.82) is 0 Å². The molecule has 1 amide bonds. The molecule has 2 rings (SSSR count). The Balaban J connectivity index is 1.95. The fourth-order valence-corrected chi connectivity index (χ4v) is 2.93. The summed E-state index contributed by atoms with van der Waals surface area (Å²) in [4.78, 5) is 24.5. The third kappa shape index (κ3) is 2.60. The summed E-state index contributed by atoms with van der Waals surface area (Å²) in [5.74, 6) is -0.579. The highest BCUT2D eigenvalue weighted by Crippen LogP contribution is 2.39. The molecule has 1 heterocycles. The van der Waals surface area contributed by atoms with Crippen LogP contribution in [0.5, 0.6) is 0 Å². The number of carbonyl (C=O) groups excluding carboxylic acids is 1. The second kappa shape index (κ2) is 4.78. The molecule has 1 aliphatic carbocycles. The van der Waals surface area contributed by atoms with Crippen molar-refractivity contribution in [2.75, 3.05) is 13.1 Å². The molecular weight excluding hydrogens is 234 g/mol. The summed E-state index contributed by atoms with van der Waals surface area (Å²) in [6.45, 7) is 5.47. The number of nitrogens with zero attached hydrogens (tertiary/aromatic N) is 1. The van der Waals surface area contributed by atoms with Crippen LogP contribution in [0.4, 0.5) is 4.79 Å². The van der Waals surface area contributed by atoms with Crippen LogP contribution in [0.2, 0.25) is 0 Å². The van der Waals surface area contributed by atoms with Crippen molar-refractivity contribution in [3.05, 3.63) is 0 Å². The first-order valence-electron chi connectivity index (χ1n) is 6.62. The quantitative estimate of drug-likeness (QED) is 0.838. The zero-order valence-electron chi connectivity index (χ0n) is 11.0. The standard InChI is InChI=1S/C13H21NO4/c1-9(2)7-14-8-13(18-12(14)17)5-3-10(4-6-13)11(15)16/h9-10H,3-8H2,1-2H3,(H,15,16). The van der Waals surface area contributed by atoms with Crippen molar-refractivity contribution in [1.82, 2.24) is 4.90 Å². The molecule has 1 spiro atoms. The van der Waals surface area contributed by atoms with Crippen LogP contribution in [0.25, 0.3) is 0 Å². The van der Waals surface area contributed by atoms with E-state index in [1.807, 2.05) is 0 Å². The van der Waals surface area contributed by atoms with E-state index in [2.05, 4.69) is 13.8 Å². The summed E-state index contributed by atoms with van der Waals surface area (Å²) in [6, 6.07) is 0. The molecular formula is C13H21NO4. The predicted octanol–water partition coefficient (Wildman–Crippen LogP) is 2.11. The maximum absolute atomic E-state index is 11.8. The molecule has 0 radical (unpaired) electrons. The molecule has 1 N–H and O–H groups in total. The first-order valence-corrected chi connectivity index (χ1v) is 6.62. The summed E-state index contributed by atoms with van der Waals surface area (Å²) in [7, 11) is 0. The van der Waals surface area contributed by atoms with Gasteiger partial charge in [0.15, 0.2) is 0 Å². The Hall–Kier alpha value is -1.26. The predicted molar refractivity (Wildman–Crippen MR) is 65.2 cm³/mol. The molecule has 5 nitrogen and oxygen atoms in total. The Kier molecular flexibility index (Phi) is 3.50. The number of carbonyl (C=O) groups is 2. The van der Waals surface area contributed by atoms with Gasteiger partial charge in [0.05, 0.1) is 12.5 Å². The Morgan fingerprint density at radius 1 is 1.50 bits per heavy atom. The average molecular weight is 255 g/mol. The molecule has 102 valence electrons. The fourth-order valence-electron chi connectivity index (χ4n) is 2.93. The van der Waals surface area contributed by atoms with Crippen LogP contribution in [-0.4, -0.2) is 40.8 Å². The molecule has 1 aliphatic heterocycles. The lowest BCUT2D eigenvalue weighted by atomic mass is 9.79. The Labute approximate surface area is 107 Å². The topological polar surface area (TPSA) is 66.8 Å². The summed E-state index contributed by atoms with van der Waals surface area (Å²) in [6.07, 6.45) is 2.32. The number of hydrogen-bond donors (Lipinski definition) is 1. The molecule has 0 atom stereocenters. The van der Waals surface area contributed by atoms with Gasteiger partial charge in [0.1, 0.15) is 5.60 Å². The molecule has 2 aliphatic rings. The molecule has 0 aromatic rings. The maximum Gasteiger partial charge on any atom is 0.410 e. The number of ether oxygens (including phenoxy) is 1. The van der Waals surface area contributed by atoms with E-state index in [0.717, 1.165) is 0 Å². The molecule has 1 saturated carbocycles. The second-order valence-electron chi connectivity index (χ2n) is 5.94. The van der Waals surface area contributed by atoms with Crippen molar-refractivity contribution in [2.45, 2.75) is 45.1 Å². The van der Waals surface area contributed by atoms with Crippen LogP contribution in [-0.2, 0) is 9.53 Å². The van der Waals surface area contributed by atoms with Gasteiger partial charge >= 0.3 is 12.1 Å². The lowest BCUT2D eigenvalue weighted by molar-refractivity contribution is -0.144. The van der Waals surface area contributed by atoms with Crippen LogP contribution >= 0.6 is 0 Å². The van der Waals surface area contributed by atoms with Gasteiger partial charge in [-0.2, -0.15) is 0 Å². The number of hydrogen-bond acceptors (Lipinski definition) is 3. The van der Waals surface area contributed by atoms with Gasteiger partial charge < -0.3 is 14.7 Å². The lowest BCUT2D eigenvalue weighted by Crippen LogP contribution is -2.40. The second-order valence-corrected chi connectivity index (χ2v) is 5.94. The zero-order valence-corrected chi connectivity index (χ0v) is 11.0. The third-order valence-corrected chi connectivity index (χ3v) is 3.87. The first kappa shape index (κ1) is 13.2. The van der Waals surface area contributed by atoms with E-state index in [-0.39, 0.29) is 12.0 Å². The van der Waals surface area contributed by atoms with Gasteiger partial charge in [0.2, 0.25) is 0 Å². The van der Waals surface area contributed by atoms with Crippen LogP contribution in [0.1, 0.15) is 39.5 Å². The van der Waals surface area contributed by atoms with Gasteiger partial charge in [-0.25, -0.2) is 4.79 Å². The van der Waals surface area contributed by atoms with Gasteiger partial charge in [0.25, 0.3) is 0 Å². The largest absolute Gasteiger partial charge is 0.481 e. The third-order valence-electron chi connectivity index (χ3n) is 3.87. The molecule has 0 bridgehead atoms. The van der Waals surface area contributed by atoms with E-state index in [1.54, 1.807) is 4.90 Å². The Morgan fingerprint density at radius 2 is 2.11 bits per heavy atom. The lowest BCUT2D eigenvalue weighted by Gasteiger charge is -2.33. The van der Waals surface area contributed by atoms with E-state index in [1.165, 1.54) is 0 Å². The Morgan fingerprint density at radius 3 is 2.61 bits per heavy atom. The molecule has 0 unspecified atom stereocenters. The number of rotatable bonds is 3. The van der Waals surface area contributed by atoms with Gasteiger partial charge in [-0.05, 0) is 31.6 Å². The number of amides is 1. The number of carboxylic acid groups (broad SMARTS) is 1. The monoisotopic (exact) mass is 255 g/mol. The van der Waals surface area contributed by atoms with Crippen molar-refractivity contribution in [3.8, 4) is 0 Å². The van der Waals surface area contributed by atoms with Gasteiger partial charge in [-0.15, -0.1) is 0 Å². The molecule has 18 heavy (non-hydrogen) atoms. The summed E-state index contributed by atoms with van der Waals surface area (Å²) in [5.41, 5.74) is -0.419. The minimum atomic E-state index is -0.729. The highest BCUT2D eigenvalue weighted by molar-refractivity contribution is 5.72. The fraction of sp³-hybridized carbons (Fsp3) is 0.846. The van der Waals surface area contributed by atoms with E-state index in [4.69, 9.17) is 9.84 Å². The van der Waals surface area contributed by atoms with Gasteiger partial charge in [-0.3, -0.25) is 4.79 Å². The first-order chi connectivity index (χ1) is 8.42. The van der Waals surface area contributed by atoms with E-state index in [0.29, 0.717) is 44.7 Å². The zero-order chi connectivity index (χ0) is 13.3. The summed E-state index contributed by atoms with van der Waals surface area (Å²) in [5, 5.41) is 8.97. The van der Waals surface area contributed by atoms with Crippen LogP contribution in [0.3, 0.4) is 0 Å². The molecule has 5 heteroatoms. The highest BCUT2D eigenvalue weighted by Gasteiger charge is 2.47. The Bertz CT molecular complexity index is 345. The molecule has 1 saturated heterocycles. The van der Waals surface area contributed by atoms with Gasteiger partial charge in [-0.1, -0.05) is 13.8 Å². The van der Waals surface area contributed by atoms with E-state index in [9.17, 15) is 9.59 Å². The number of aliphatic carboxylic acids is 1. The van der Waals surface area contributed by atoms with Crippen molar-refractivity contribution in [3.63, 3.8) is 0 Å². The van der Waals surface area contributed by atoms with E-state index >= 15 is 0 Å². The van der Waals surface area contributed by atoms with Crippen molar-refractivity contribution < 1.29 is 19.4 Å². The minimum Gasteiger partial charge on any atom is -0.481 e. The van der Waals surface area contributed by atoms with E-state index < -0.39 is 11.6 Å². The van der Waals surface area contributed by atoms with Crippen molar-refractivity contribution in [2.24, 2.45) is 11.8 Å². The smallest absolute Gasteiger partial charge is 0.410 e. The average Bonchev–Trinajstić information content (AvgIpc) is 2.55.